The minimum Gasteiger partial charge on any atom is -0.364 e. The van der Waals surface area contributed by atoms with E-state index in [1.165, 1.54) is 12.8 Å². The number of aliphatic imine (C=N–C) groups is 1. The van der Waals surface area contributed by atoms with Crippen molar-refractivity contribution in [3.8, 4) is 0 Å². The van der Waals surface area contributed by atoms with Crippen LogP contribution in [0.5, 0.6) is 0 Å². The zero-order valence-electron chi connectivity index (χ0n) is 12.4. The zero-order chi connectivity index (χ0) is 14.1. The molecule has 5 heteroatoms. The van der Waals surface area contributed by atoms with Gasteiger partial charge in [0.25, 0.3) is 0 Å². The Bertz CT molecular complexity index is 314. The van der Waals surface area contributed by atoms with Crippen molar-refractivity contribution < 1.29 is 4.79 Å². The summed E-state index contributed by atoms with van der Waals surface area (Å²) in [7, 11) is 0. The van der Waals surface area contributed by atoms with Crippen LogP contribution < -0.4 is 10.6 Å². The highest BCUT2D eigenvalue weighted by Gasteiger charge is 2.29. The van der Waals surface area contributed by atoms with Gasteiger partial charge in [-0.25, -0.2) is 0 Å². The van der Waals surface area contributed by atoms with Gasteiger partial charge in [0, 0.05) is 31.8 Å². The Labute approximate surface area is 121 Å². The number of nitrogens with one attached hydrogen (secondary N) is 2. The molecule has 1 rings (SSSR count). The Balaban J connectivity index is 2.25. The highest BCUT2D eigenvalue weighted by molar-refractivity contribution is 8.13. The first-order valence-electron chi connectivity index (χ1n) is 7.33. The molecule has 0 aromatic carbocycles. The summed E-state index contributed by atoms with van der Waals surface area (Å²) < 4.78 is 0. The van der Waals surface area contributed by atoms with Crippen molar-refractivity contribution in [2.75, 3.05) is 25.4 Å². The molecule has 0 spiro atoms. The van der Waals surface area contributed by atoms with Crippen LogP contribution in [-0.2, 0) is 4.79 Å². The molecule has 0 aromatic rings. The van der Waals surface area contributed by atoms with E-state index in [4.69, 9.17) is 0 Å². The van der Waals surface area contributed by atoms with Crippen molar-refractivity contribution in [1.82, 2.24) is 10.6 Å². The van der Waals surface area contributed by atoms with E-state index in [0.29, 0.717) is 18.4 Å². The van der Waals surface area contributed by atoms with Crippen LogP contribution in [0.25, 0.3) is 0 Å². The monoisotopic (exact) mass is 285 g/mol. The van der Waals surface area contributed by atoms with Crippen LogP contribution >= 0.6 is 11.8 Å². The predicted molar refractivity (Wildman–Crippen MR) is 83.7 cm³/mol. The number of hydrogen-bond donors (Lipinski definition) is 2. The molecular formula is C14H27N3OS. The Kier molecular flexibility index (Phi) is 7.28. The van der Waals surface area contributed by atoms with Gasteiger partial charge in [0.1, 0.15) is 0 Å². The third-order valence-electron chi connectivity index (χ3n) is 3.77. The third kappa shape index (κ3) is 5.43. The summed E-state index contributed by atoms with van der Waals surface area (Å²) in [5.74, 6) is 1.25. The molecule has 0 atom stereocenters. The molecule has 0 bridgehead atoms. The maximum atomic E-state index is 11.4. The first kappa shape index (κ1) is 16.3. The Morgan fingerprint density at radius 1 is 1.32 bits per heavy atom. The average molecular weight is 285 g/mol. The average Bonchev–Trinajstić information content (AvgIpc) is 2.46. The fourth-order valence-electron chi connectivity index (χ4n) is 1.97. The van der Waals surface area contributed by atoms with Gasteiger partial charge in [0.2, 0.25) is 5.91 Å². The highest BCUT2D eigenvalue weighted by Crippen LogP contribution is 2.34. The first-order valence-corrected chi connectivity index (χ1v) is 8.32. The molecule has 110 valence electrons. The summed E-state index contributed by atoms with van der Waals surface area (Å²) in [6, 6.07) is 0. The lowest BCUT2D eigenvalue weighted by Gasteiger charge is -2.33. The van der Waals surface area contributed by atoms with Crippen molar-refractivity contribution >= 4 is 22.8 Å². The van der Waals surface area contributed by atoms with Gasteiger partial charge in [0.05, 0.1) is 0 Å². The molecule has 1 aliphatic rings. The van der Waals surface area contributed by atoms with Crippen molar-refractivity contribution in [2.45, 2.75) is 46.5 Å². The number of carbonyl (C=O) groups is 1. The van der Waals surface area contributed by atoms with E-state index in [1.54, 1.807) is 11.8 Å². The maximum Gasteiger partial charge on any atom is 0.221 e. The van der Waals surface area contributed by atoms with Crippen molar-refractivity contribution in [3.63, 3.8) is 0 Å². The van der Waals surface area contributed by atoms with Crippen LogP contribution in [-0.4, -0.2) is 36.5 Å². The molecule has 0 aliphatic carbocycles. The number of rotatable bonds is 7. The summed E-state index contributed by atoms with van der Waals surface area (Å²) in [5, 5.41) is 7.14. The fourth-order valence-corrected chi connectivity index (χ4v) is 3.28. The molecule has 0 saturated heterocycles. The minimum absolute atomic E-state index is 0.118. The molecule has 1 heterocycles. The van der Waals surface area contributed by atoms with E-state index < -0.39 is 0 Å². The van der Waals surface area contributed by atoms with Gasteiger partial charge in [-0.3, -0.25) is 9.79 Å². The van der Waals surface area contributed by atoms with Crippen LogP contribution in [0, 0.1) is 5.41 Å². The van der Waals surface area contributed by atoms with Crippen LogP contribution in [0.4, 0.5) is 0 Å². The molecule has 1 aliphatic heterocycles. The molecule has 0 unspecified atom stereocenters. The minimum atomic E-state index is 0.118. The second-order valence-corrected chi connectivity index (χ2v) is 6.11. The molecule has 2 N–H and O–H groups in total. The second kappa shape index (κ2) is 8.46. The van der Waals surface area contributed by atoms with Crippen molar-refractivity contribution in [2.24, 2.45) is 10.4 Å². The SMILES string of the molecule is CCCNC(=O)CCNC1=NCC(CC)(CC)CS1. The third-order valence-corrected chi connectivity index (χ3v) is 5.08. The van der Waals surface area contributed by atoms with E-state index in [1.807, 2.05) is 0 Å². The van der Waals surface area contributed by atoms with Gasteiger partial charge in [-0.2, -0.15) is 0 Å². The van der Waals surface area contributed by atoms with Gasteiger partial charge >= 0.3 is 0 Å². The lowest BCUT2D eigenvalue weighted by molar-refractivity contribution is -0.120. The molecule has 0 aromatic heterocycles. The lowest BCUT2D eigenvalue weighted by Crippen LogP contribution is -2.36. The molecule has 0 saturated carbocycles. The van der Waals surface area contributed by atoms with Crippen molar-refractivity contribution in [3.05, 3.63) is 0 Å². The lowest BCUT2D eigenvalue weighted by atomic mass is 9.84. The van der Waals surface area contributed by atoms with Crippen LogP contribution in [0.15, 0.2) is 4.99 Å². The van der Waals surface area contributed by atoms with Crippen molar-refractivity contribution in [1.29, 1.82) is 0 Å². The number of thioether (sulfide) groups is 1. The largest absolute Gasteiger partial charge is 0.364 e. The molecule has 4 nitrogen and oxygen atoms in total. The Hall–Kier alpha value is -0.710. The Morgan fingerprint density at radius 3 is 2.58 bits per heavy atom. The van der Waals surface area contributed by atoms with Gasteiger partial charge in [-0.15, -0.1) is 0 Å². The van der Waals surface area contributed by atoms with Gasteiger partial charge in [-0.05, 0) is 24.7 Å². The summed E-state index contributed by atoms with van der Waals surface area (Å²) >= 11 is 1.80. The van der Waals surface area contributed by atoms with Gasteiger partial charge in [-0.1, -0.05) is 32.5 Å². The quantitative estimate of drug-likeness (QED) is 0.755. The summed E-state index contributed by atoms with van der Waals surface area (Å²) in [5.41, 5.74) is 0.383. The maximum absolute atomic E-state index is 11.4. The topological polar surface area (TPSA) is 53.5 Å². The zero-order valence-corrected chi connectivity index (χ0v) is 13.2. The second-order valence-electron chi connectivity index (χ2n) is 5.14. The van der Waals surface area contributed by atoms with E-state index in [0.717, 1.165) is 30.4 Å². The smallest absolute Gasteiger partial charge is 0.221 e. The number of amidine groups is 1. The van der Waals surface area contributed by atoms with Crippen LogP contribution in [0.2, 0.25) is 0 Å². The van der Waals surface area contributed by atoms with E-state index in [9.17, 15) is 4.79 Å². The van der Waals surface area contributed by atoms with Crippen LogP contribution in [0.3, 0.4) is 0 Å². The number of carbonyl (C=O) groups excluding carboxylic acids is 1. The fraction of sp³-hybridized carbons (Fsp3) is 0.857. The summed E-state index contributed by atoms with van der Waals surface area (Å²) in [6.07, 6.45) is 3.88. The summed E-state index contributed by atoms with van der Waals surface area (Å²) in [4.78, 5) is 16.1. The molecule has 1 amide bonds. The van der Waals surface area contributed by atoms with Gasteiger partial charge < -0.3 is 10.6 Å². The normalized spacial score (nSPS) is 17.7. The predicted octanol–water partition coefficient (Wildman–Crippen LogP) is 2.40. The first-order chi connectivity index (χ1) is 9.15. The number of amides is 1. The molecule has 19 heavy (non-hydrogen) atoms. The number of hydrogen-bond acceptors (Lipinski definition) is 4. The Morgan fingerprint density at radius 2 is 2.05 bits per heavy atom. The van der Waals surface area contributed by atoms with E-state index in [-0.39, 0.29) is 5.91 Å². The summed E-state index contributed by atoms with van der Waals surface area (Å²) in [6.45, 7) is 8.90. The van der Waals surface area contributed by atoms with E-state index in [2.05, 4.69) is 36.4 Å². The van der Waals surface area contributed by atoms with E-state index >= 15 is 0 Å². The standard InChI is InChI=1S/C14H27N3OS/c1-4-8-15-12(18)7-9-16-13-17-10-14(5-2,6-3)11-19-13/h4-11H2,1-3H3,(H,15,18)(H,16,17). The molecule has 0 radical (unpaired) electrons. The number of nitrogens with zero attached hydrogens (tertiary/aromatic N) is 1. The molecular weight excluding hydrogens is 258 g/mol. The highest BCUT2D eigenvalue weighted by atomic mass is 32.2. The van der Waals surface area contributed by atoms with Crippen LogP contribution in [0.1, 0.15) is 46.5 Å². The molecule has 0 fully saturated rings. The van der Waals surface area contributed by atoms with Gasteiger partial charge in [0.15, 0.2) is 5.17 Å².